The van der Waals surface area contributed by atoms with Crippen LogP contribution in [0.25, 0.3) is 0 Å². The Hall–Kier alpha value is -2.79. The van der Waals surface area contributed by atoms with Crippen LogP contribution in [-0.4, -0.2) is 52.6 Å². The van der Waals surface area contributed by atoms with Gasteiger partial charge in [0.15, 0.2) is 5.56 Å². The smallest absolute Gasteiger partial charge is 0.344 e. The number of halogens is 2. The monoisotopic (exact) mass is 454 g/mol. The predicted octanol–water partition coefficient (Wildman–Crippen LogP) is 3.70. The molecule has 0 aliphatic carbocycles. The van der Waals surface area contributed by atoms with Gasteiger partial charge >= 0.3 is 12.0 Å². The molecule has 2 aromatic rings. The summed E-state index contributed by atoms with van der Waals surface area (Å²) in [5, 5.41) is 14.7. The molecule has 2 heterocycles. The Kier molecular flexibility index (Phi) is 8.13. The van der Waals surface area contributed by atoms with Gasteiger partial charge in [0, 0.05) is 18.2 Å². The number of urea groups is 1. The number of carboxylic acids is 1. The molecule has 1 saturated heterocycles. The number of nitrogens with one attached hydrogen (secondary N) is 2. The summed E-state index contributed by atoms with van der Waals surface area (Å²) in [6, 6.07) is 2.45. The Bertz CT molecular complexity index is 919. The van der Waals surface area contributed by atoms with Crippen LogP contribution in [0, 0.1) is 11.6 Å². The molecule has 1 aromatic heterocycles. The summed E-state index contributed by atoms with van der Waals surface area (Å²) in [7, 11) is 0. The molecule has 1 aromatic carbocycles. The first kappa shape index (κ1) is 22.9. The van der Waals surface area contributed by atoms with Crippen LogP contribution in [0.1, 0.15) is 41.6 Å². The topological polar surface area (TPSA) is 104 Å². The zero-order valence-electron chi connectivity index (χ0n) is 16.8. The quantitative estimate of drug-likeness (QED) is 0.473. The fourth-order valence-corrected chi connectivity index (χ4v) is 3.97. The van der Waals surface area contributed by atoms with Crippen LogP contribution in [0.15, 0.2) is 18.2 Å². The molecule has 0 spiro atoms. The molecule has 1 aliphatic heterocycles. The highest BCUT2D eigenvalue weighted by Gasteiger charge is 2.23. The second kappa shape index (κ2) is 11.0. The van der Waals surface area contributed by atoms with Crippen LogP contribution in [0.4, 0.5) is 18.6 Å². The third kappa shape index (κ3) is 6.59. The molecule has 11 heteroatoms. The van der Waals surface area contributed by atoms with Crippen molar-refractivity contribution in [1.29, 1.82) is 0 Å². The Morgan fingerprint density at radius 1 is 1.23 bits per heavy atom. The fourth-order valence-electron chi connectivity index (χ4n) is 3.25. The van der Waals surface area contributed by atoms with E-state index in [-0.39, 0.29) is 28.6 Å². The number of ether oxygens (including phenoxy) is 1. The van der Waals surface area contributed by atoms with E-state index in [0.717, 1.165) is 50.1 Å². The number of benzene rings is 1. The number of hydrogen-bond acceptors (Lipinski definition) is 6. The lowest BCUT2D eigenvalue weighted by atomic mass is 10.2. The predicted molar refractivity (Wildman–Crippen MR) is 112 cm³/mol. The second-order valence-electron chi connectivity index (χ2n) is 7.16. The molecule has 0 radical (unpaired) electrons. The van der Waals surface area contributed by atoms with E-state index in [1.807, 2.05) is 0 Å². The van der Waals surface area contributed by atoms with Crippen molar-refractivity contribution in [3.63, 3.8) is 0 Å². The molecular weight excluding hydrogens is 430 g/mol. The molecule has 168 valence electrons. The molecule has 1 aliphatic rings. The summed E-state index contributed by atoms with van der Waals surface area (Å²) in [6.07, 6.45) is 4.27. The number of unbranched alkanes of at least 4 members (excludes halogenated alkanes) is 1. The largest absolute Gasteiger partial charge is 0.477 e. The number of aromatic carboxylic acids is 1. The van der Waals surface area contributed by atoms with E-state index in [2.05, 4.69) is 19.9 Å². The summed E-state index contributed by atoms with van der Waals surface area (Å²) in [6.45, 7) is 3.41. The highest BCUT2D eigenvalue weighted by Crippen LogP contribution is 2.31. The number of carbonyl (C=O) groups excluding carboxylic acids is 1. The standard InChI is InChI=1S/C20H24F2N4O4S/c21-14-6-5-13(15(22)11-14)12-30-17-16(19(27)28)18(31-25-17)24-20(29)23-7-1-2-8-26-9-3-4-10-26/h5-6,11H,1-4,7-10,12H2,(H,27,28)(H2,23,24,29). The van der Waals surface area contributed by atoms with E-state index >= 15 is 0 Å². The van der Waals surface area contributed by atoms with Crippen LogP contribution >= 0.6 is 11.5 Å². The first-order chi connectivity index (χ1) is 14.9. The van der Waals surface area contributed by atoms with Gasteiger partial charge in [0.2, 0.25) is 5.88 Å². The average molecular weight is 454 g/mol. The highest BCUT2D eigenvalue weighted by atomic mass is 32.1. The number of carboxylic acid groups (broad SMARTS) is 1. The van der Waals surface area contributed by atoms with Crippen molar-refractivity contribution in [1.82, 2.24) is 14.6 Å². The van der Waals surface area contributed by atoms with E-state index in [9.17, 15) is 23.5 Å². The van der Waals surface area contributed by atoms with Gasteiger partial charge in [-0.05, 0) is 69.0 Å². The van der Waals surface area contributed by atoms with E-state index < -0.39 is 23.6 Å². The third-order valence-corrected chi connectivity index (χ3v) is 5.61. The molecule has 1 fully saturated rings. The summed E-state index contributed by atoms with van der Waals surface area (Å²) in [5.74, 6) is -3.13. The average Bonchev–Trinajstić information content (AvgIpc) is 3.37. The number of carbonyl (C=O) groups is 2. The van der Waals surface area contributed by atoms with Gasteiger partial charge in [0.1, 0.15) is 23.2 Å². The van der Waals surface area contributed by atoms with Crippen LogP contribution in [0.5, 0.6) is 5.88 Å². The molecular formula is C20H24F2N4O4S. The maximum atomic E-state index is 13.7. The molecule has 2 amide bonds. The second-order valence-corrected chi connectivity index (χ2v) is 7.93. The van der Waals surface area contributed by atoms with Crippen molar-refractivity contribution >= 4 is 28.5 Å². The molecule has 3 N–H and O–H groups in total. The minimum atomic E-state index is -1.34. The van der Waals surface area contributed by atoms with Crippen molar-refractivity contribution in [3.05, 3.63) is 41.0 Å². The number of hydrogen-bond donors (Lipinski definition) is 3. The van der Waals surface area contributed by atoms with E-state index in [1.165, 1.54) is 18.9 Å². The summed E-state index contributed by atoms with van der Waals surface area (Å²) in [5.41, 5.74) is -0.274. The zero-order chi connectivity index (χ0) is 22.2. The van der Waals surface area contributed by atoms with Gasteiger partial charge in [-0.15, -0.1) is 0 Å². The number of aromatic nitrogens is 1. The summed E-state index contributed by atoms with van der Waals surface area (Å²) in [4.78, 5) is 26.1. The molecule has 3 rings (SSSR count). The molecule has 0 unspecified atom stereocenters. The number of anilines is 1. The van der Waals surface area contributed by atoms with Crippen molar-refractivity contribution < 1.29 is 28.2 Å². The SMILES string of the molecule is O=C(NCCCCN1CCCC1)Nc1snc(OCc2ccc(F)cc2F)c1C(=O)O. The van der Waals surface area contributed by atoms with Crippen molar-refractivity contribution in [3.8, 4) is 5.88 Å². The molecule has 0 atom stereocenters. The summed E-state index contributed by atoms with van der Waals surface area (Å²) >= 11 is 0.747. The Morgan fingerprint density at radius 2 is 2.00 bits per heavy atom. The van der Waals surface area contributed by atoms with Gasteiger partial charge in [-0.25, -0.2) is 18.4 Å². The van der Waals surface area contributed by atoms with Crippen LogP contribution in [0.2, 0.25) is 0 Å². The first-order valence-corrected chi connectivity index (χ1v) is 10.8. The Morgan fingerprint density at radius 3 is 2.71 bits per heavy atom. The van der Waals surface area contributed by atoms with Gasteiger partial charge in [-0.1, -0.05) is 0 Å². The fraction of sp³-hybridized carbons (Fsp3) is 0.450. The molecule has 8 nitrogen and oxygen atoms in total. The number of rotatable bonds is 10. The number of amides is 2. The molecule has 0 saturated carbocycles. The highest BCUT2D eigenvalue weighted by molar-refractivity contribution is 7.11. The molecule has 0 bridgehead atoms. The van der Waals surface area contributed by atoms with Gasteiger partial charge in [-0.3, -0.25) is 5.32 Å². The maximum Gasteiger partial charge on any atom is 0.344 e. The normalized spacial score (nSPS) is 13.9. The Labute approximate surface area is 182 Å². The van der Waals surface area contributed by atoms with Crippen LogP contribution in [-0.2, 0) is 6.61 Å². The van der Waals surface area contributed by atoms with E-state index in [0.29, 0.717) is 12.6 Å². The molecule has 31 heavy (non-hydrogen) atoms. The van der Waals surface area contributed by atoms with Gasteiger partial charge in [0.05, 0.1) is 0 Å². The lowest BCUT2D eigenvalue weighted by Gasteiger charge is -2.14. The maximum absolute atomic E-state index is 13.7. The van der Waals surface area contributed by atoms with Crippen molar-refractivity contribution in [2.45, 2.75) is 32.3 Å². The Balaban J connectivity index is 1.49. The lowest BCUT2D eigenvalue weighted by molar-refractivity contribution is 0.0693. The van der Waals surface area contributed by atoms with Crippen LogP contribution in [0.3, 0.4) is 0 Å². The van der Waals surface area contributed by atoms with E-state index in [1.54, 1.807) is 0 Å². The number of likely N-dealkylation sites (tertiary alicyclic amines) is 1. The minimum Gasteiger partial charge on any atom is -0.477 e. The van der Waals surface area contributed by atoms with E-state index in [4.69, 9.17) is 4.74 Å². The van der Waals surface area contributed by atoms with Crippen LogP contribution < -0.4 is 15.4 Å². The number of nitrogens with zero attached hydrogens (tertiary/aromatic N) is 2. The van der Waals surface area contributed by atoms with Gasteiger partial charge in [-0.2, -0.15) is 4.37 Å². The van der Waals surface area contributed by atoms with Crippen molar-refractivity contribution in [2.24, 2.45) is 0 Å². The summed E-state index contributed by atoms with van der Waals surface area (Å²) < 4.78 is 35.9. The minimum absolute atomic E-state index is 0.0108. The van der Waals surface area contributed by atoms with Crippen molar-refractivity contribution in [2.75, 3.05) is 31.5 Å². The van der Waals surface area contributed by atoms with Gasteiger partial charge in [0.25, 0.3) is 0 Å². The lowest BCUT2D eigenvalue weighted by Crippen LogP contribution is -2.30. The zero-order valence-corrected chi connectivity index (χ0v) is 17.6. The van der Waals surface area contributed by atoms with Gasteiger partial charge < -0.3 is 20.1 Å². The first-order valence-electron chi connectivity index (χ1n) is 10.0. The third-order valence-electron chi connectivity index (χ3n) is 4.87.